The third kappa shape index (κ3) is 9.00. The first kappa shape index (κ1) is 12.9. The first-order valence-electron chi connectivity index (χ1n) is 4.97. The Morgan fingerprint density at radius 3 is 2.79 bits per heavy atom. The Labute approximate surface area is 85.3 Å². The van der Waals surface area contributed by atoms with E-state index in [4.69, 9.17) is 10.8 Å². The third-order valence-corrected chi connectivity index (χ3v) is 1.74. The minimum Gasteiger partial charge on any atom is -0.481 e. The van der Waals surface area contributed by atoms with Crippen LogP contribution < -0.4 is 5.73 Å². The zero-order chi connectivity index (χ0) is 10.8. The molecule has 0 rings (SSSR count). The summed E-state index contributed by atoms with van der Waals surface area (Å²) in [6, 6.07) is -0.386. The summed E-state index contributed by atoms with van der Waals surface area (Å²) in [5, 5.41) is 8.42. The molecule has 0 aliphatic rings. The number of hydrogen-bond donors (Lipinski definition) is 2. The Bertz CT molecular complexity index is 209. The highest BCUT2D eigenvalue weighted by Crippen LogP contribution is 1.96. The number of rotatable bonds is 7. The molecule has 1 unspecified atom stereocenters. The molecule has 0 amide bonds. The molecule has 0 saturated heterocycles. The Balaban J connectivity index is 3.60. The molecular weight excluding hydrogens is 178 g/mol. The van der Waals surface area contributed by atoms with Crippen LogP contribution in [0.5, 0.6) is 0 Å². The molecule has 3 nitrogen and oxygen atoms in total. The van der Waals surface area contributed by atoms with Gasteiger partial charge in [-0.05, 0) is 6.42 Å². The molecule has 0 aromatic heterocycles. The van der Waals surface area contributed by atoms with Crippen LogP contribution in [0.15, 0.2) is 24.3 Å². The molecular formula is C11H19NO2. The van der Waals surface area contributed by atoms with Crippen molar-refractivity contribution in [3.05, 3.63) is 24.3 Å². The number of allylic oxidation sites excluding steroid dienone is 3. The summed E-state index contributed by atoms with van der Waals surface area (Å²) in [6.07, 6.45) is 10.9. The molecule has 3 heteroatoms. The van der Waals surface area contributed by atoms with Gasteiger partial charge >= 0.3 is 5.97 Å². The van der Waals surface area contributed by atoms with Crippen LogP contribution in [0.3, 0.4) is 0 Å². The fraction of sp³-hybridized carbons (Fsp3) is 0.545. The van der Waals surface area contributed by atoms with E-state index in [2.05, 4.69) is 13.0 Å². The van der Waals surface area contributed by atoms with Crippen LogP contribution in [0.4, 0.5) is 0 Å². The zero-order valence-corrected chi connectivity index (χ0v) is 8.65. The van der Waals surface area contributed by atoms with Crippen molar-refractivity contribution in [2.45, 2.75) is 38.6 Å². The van der Waals surface area contributed by atoms with Crippen LogP contribution in [-0.2, 0) is 4.79 Å². The van der Waals surface area contributed by atoms with Gasteiger partial charge < -0.3 is 10.8 Å². The topological polar surface area (TPSA) is 63.3 Å². The maximum atomic E-state index is 10.3. The summed E-state index contributed by atoms with van der Waals surface area (Å²) < 4.78 is 0. The maximum Gasteiger partial charge on any atom is 0.305 e. The molecule has 80 valence electrons. The van der Waals surface area contributed by atoms with Crippen molar-refractivity contribution in [3.8, 4) is 0 Å². The van der Waals surface area contributed by atoms with E-state index in [0.29, 0.717) is 0 Å². The summed E-state index contributed by atoms with van der Waals surface area (Å²) in [5.41, 5.74) is 5.51. The van der Waals surface area contributed by atoms with Crippen LogP contribution >= 0.6 is 0 Å². The molecule has 0 heterocycles. The molecule has 0 spiro atoms. The Hall–Kier alpha value is -1.09. The average molecular weight is 197 g/mol. The molecule has 0 bridgehead atoms. The van der Waals surface area contributed by atoms with Gasteiger partial charge in [0, 0.05) is 6.04 Å². The largest absolute Gasteiger partial charge is 0.481 e. The SMILES string of the molecule is CCCC/C=C/C=C/C(N)CC(=O)O. The number of carboxylic acid groups (broad SMARTS) is 1. The minimum atomic E-state index is -0.864. The molecule has 0 aliphatic heterocycles. The molecule has 1 atom stereocenters. The second kappa shape index (κ2) is 8.51. The number of aliphatic carboxylic acids is 1. The quantitative estimate of drug-likeness (QED) is 0.485. The van der Waals surface area contributed by atoms with Gasteiger partial charge in [-0.25, -0.2) is 0 Å². The van der Waals surface area contributed by atoms with E-state index in [9.17, 15) is 4.79 Å². The summed E-state index contributed by atoms with van der Waals surface area (Å²) >= 11 is 0. The lowest BCUT2D eigenvalue weighted by atomic mass is 10.2. The Kier molecular flexibility index (Phi) is 7.84. The lowest BCUT2D eigenvalue weighted by molar-refractivity contribution is -0.137. The summed E-state index contributed by atoms with van der Waals surface area (Å²) in [5.74, 6) is -0.864. The molecule has 0 fully saturated rings. The Morgan fingerprint density at radius 2 is 2.21 bits per heavy atom. The van der Waals surface area contributed by atoms with Crippen molar-refractivity contribution in [2.75, 3.05) is 0 Å². The van der Waals surface area contributed by atoms with E-state index in [-0.39, 0.29) is 12.5 Å². The third-order valence-electron chi connectivity index (χ3n) is 1.74. The fourth-order valence-electron chi connectivity index (χ4n) is 0.973. The summed E-state index contributed by atoms with van der Waals surface area (Å²) in [4.78, 5) is 10.3. The summed E-state index contributed by atoms with van der Waals surface area (Å²) in [6.45, 7) is 2.15. The van der Waals surface area contributed by atoms with Crippen molar-refractivity contribution < 1.29 is 9.90 Å². The Morgan fingerprint density at radius 1 is 1.50 bits per heavy atom. The zero-order valence-electron chi connectivity index (χ0n) is 8.65. The highest BCUT2D eigenvalue weighted by molar-refractivity contribution is 5.67. The van der Waals surface area contributed by atoms with Gasteiger partial charge in [0.15, 0.2) is 0 Å². The van der Waals surface area contributed by atoms with Crippen molar-refractivity contribution in [3.63, 3.8) is 0 Å². The highest BCUT2D eigenvalue weighted by Gasteiger charge is 2.02. The lowest BCUT2D eigenvalue weighted by Gasteiger charge is -1.99. The van der Waals surface area contributed by atoms with Gasteiger partial charge in [0.1, 0.15) is 0 Å². The van der Waals surface area contributed by atoms with E-state index in [1.807, 2.05) is 12.2 Å². The second-order valence-electron chi connectivity index (χ2n) is 3.22. The van der Waals surface area contributed by atoms with Gasteiger partial charge in [-0.15, -0.1) is 0 Å². The van der Waals surface area contributed by atoms with Crippen LogP contribution in [-0.4, -0.2) is 17.1 Å². The van der Waals surface area contributed by atoms with Gasteiger partial charge in [0.05, 0.1) is 6.42 Å². The van der Waals surface area contributed by atoms with Crippen molar-refractivity contribution >= 4 is 5.97 Å². The van der Waals surface area contributed by atoms with E-state index >= 15 is 0 Å². The normalized spacial score (nSPS) is 13.9. The van der Waals surface area contributed by atoms with Gasteiger partial charge in [0.2, 0.25) is 0 Å². The molecule has 0 saturated carbocycles. The van der Waals surface area contributed by atoms with Gasteiger partial charge in [0.25, 0.3) is 0 Å². The maximum absolute atomic E-state index is 10.3. The predicted molar refractivity (Wildman–Crippen MR) is 58.0 cm³/mol. The van der Waals surface area contributed by atoms with E-state index < -0.39 is 5.97 Å². The van der Waals surface area contributed by atoms with Gasteiger partial charge in [-0.3, -0.25) is 4.79 Å². The smallest absolute Gasteiger partial charge is 0.305 e. The molecule has 0 aromatic carbocycles. The van der Waals surface area contributed by atoms with Crippen molar-refractivity contribution in [2.24, 2.45) is 5.73 Å². The van der Waals surface area contributed by atoms with Crippen LogP contribution in [0, 0.1) is 0 Å². The number of carboxylic acids is 1. The van der Waals surface area contributed by atoms with Crippen molar-refractivity contribution in [1.82, 2.24) is 0 Å². The standard InChI is InChI=1S/C11H19NO2/c1-2-3-4-5-6-7-8-10(12)9-11(13)14/h5-8,10H,2-4,9,12H2,1H3,(H,13,14)/b6-5+,8-7+. The number of nitrogens with two attached hydrogens (primary N) is 1. The van der Waals surface area contributed by atoms with Crippen LogP contribution in [0.25, 0.3) is 0 Å². The fourth-order valence-corrected chi connectivity index (χ4v) is 0.973. The van der Waals surface area contributed by atoms with Crippen LogP contribution in [0.2, 0.25) is 0 Å². The molecule has 0 radical (unpaired) electrons. The molecule has 0 aromatic rings. The molecule has 3 N–H and O–H groups in total. The number of unbranched alkanes of at least 4 members (excludes halogenated alkanes) is 2. The lowest BCUT2D eigenvalue weighted by Crippen LogP contribution is -2.20. The predicted octanol–water partition coefficient (Wildman–Crippen LogP) is 2.09. The molecule has 0 aliphatic carbocycles. The molecule has 14 heavy (non-hydrogen) atoms. The van der Waals surface area contributed by atoms with E-state index in [0.717, 1.165) is 6.42 Å². The number of carbonyl (C=O) groups is 1. The highest BCUT2D eigenvalue weighted by atomic mass is 16.4. The first-order chi connectivity index (χ1) is 6.66. The van der Waals surface area contributed by atoms with Gasteiger partial charge in [-0.1, -0.05) is 44.1 Å². The minimum absolute atomic E-state index is 0.0146. The van der Waals surface area contributed by atoms with E-state index in [1.165, 1.54) is 12.8 Å². The van der Waals surface area contributed by atoms with Gasteiger partial charge in [-0.2, -0.15) is 0 Å². The van der Waals surface area contributed by atoms with Crippen molar-refractivity contribution in [1.29, 1.82) is 0 Å². The average Bonchev–Trinajstić information content (AvgIpc) is 2.10. The second-order valence-corrected chi connectivity index (χ2v) is 3.22. The van der Waals surface area contributed by atoms with Crippen LogP contribution in [0.1, 0.15) is 32.6 Å². The number of hydrogen-bond acceptors (Lipinski definition) is 2. The summed E-state index contributed by atoms with van der Waals surface area (Å²) in [7, 11) is 0. The monoisotopic (exact) mass is 197 g/mol. The first-order valence-corrected chi connectivity index (χ1v) is 4.97. The van der Waals surface area contributed by atoms with E-state index in [1.54, 1.807) is 6.08 Å².